The van der Waals surface area contributed by atoms with Crippen LogP contribution >= 0.6 is 0 Å². The van der Waals surface area contributed by atoms with Gasteiger partial charge in [-0.2, -0.15) is 5.10 Å². The molecule has 1 fully saturated rings. The second-order valence-corrected chi connectivity index (χ2v) is 5.52. The number of carbonyl (C=O) groups is 1. The summed E-state index contributed by atoms with van der Waals surface area (Å²) in [7, 11) is 0. The molecule has 1 saturated carbocycles. The maximum atomic E-state index is 11.8. The molecule has 1 N–H and O–H groups in total. The largest absolute Gasteiger partial charge is 0.352 e. The van der Waals surface area contributed by atoms with E-state index in [0.29, 0.717) is 13.0 Å². The van der Waals surface area contributed by atoms with Crippen molar-refractivity contribution in [2.45, 2.75) is 65.0 Å². The third kappa shape index (κ3) is 4.69. The Morgan fingerprint density at radius 2 is 2.21 bits per heavy atom. The van der Waals surface area contributed by atoms with Crippen LogP contribution in [0.2, 0.25) is 0 Å². The van der Waals surface area contributed by atoms with Crippen LogP contribution in [0.1, 0.15) is 57.4 Å². The van der Waals surface area contributed by atoms with Crippen LogP contribution < -0.4 is 5.32 Å². The zero-order valence-electron chi connectivity index (χ0n) is 11.9. The Bertz CT molecular complexity index is 394. The molecule has 2 rings (SSSR count). The van der Waals surface area contributed by atoms with Crippen molar-refractivity contribution in [3.8, 4) is 0 Å². The zero-order chi connectivity index (χ0) is 13.5. The van der Waals surface area contributed by atoms with E-state index >= 15 is 0 Å². The van der Waals surface area contributed by atoms with Crippen molar-refractivity contribution in [2.75, 3.05) is 0 Å². The summed E-state index contributed by atoms with van der Waals surface area (Å²) in [5, 5.41) is 7.18. The highest BCUT2D eigenvalue weighted by Gasteiger charge is 2.14. The molecular formula is C15H25N3O. The second-order valence-electron chi connectivity index (χ2n) is 5.52. The highest BCUT2D eigenvalue weighted by Crippen LogP contribution is 2.27. The Morgan fingerprint density at radius 3 is 2.89 bits per heavy atom. The van der Waals surface area contributed by atoms with Crippen LogP contribution in [0.4, 0.5) is 0 Å². The van der Waals surface area contributed by atoms with Gasteiger partial charge >= 0.3 is 0 Å². The summed E-state index contributed by atoms with van der Waals surface area (Å²) < 4.78 is 1.88. The van der Waals surface area contributed by atoms with Gasteiger partial charge < -0.3 is 5.32 Å². The summed E-state index contributed by atoms with van der Waals surface area (Å²) in [5.41, 5.74) is 1.08. The van der Waals surface area contributed by atoms with Crippen LogP contribution in [0.3, 0.4) is 0 Å². The molecule has 1 aliphatic rings. The normalized spacial score (nSPS) is 16.5. The monoisotopic (exact) mass is 263 g/mol. The molecule has 1 heterocycles. The summed E-state index contributed by atoms with van der Waals surface area (Å²) in [4.78, 5) is 11.8. The van der Waals surface area contributed by atoms with Gasteiger partial charge in [0.2, 0.25) is 5.91 Å². The van der Waals surface area contributed by atoms with Crippen LogP contribution in [0.5, 0.6) is 0 Å². The maximum Gasteiger partial charge on any atom is 0.220 e. The van der Waals surface area contributed by atoms with Crippen molar-refractivity contribution in [1.82, 2.24) is 15.1 Å². The van der Waals surface area contributed by atoms with Crippen molar-refractivity contribution in [3.63, 3.8) is 0 Å². The van der Waals surface area contributed by atoms with Gasteiger partial charge in [0.1, 0.15) is 0 Å². The number of nitrogens with zero attached hydrogens (tertiary/aromatic N) is 2. The van der Waals surface area contributed by atoms with Gasteiger partial charge in [-0.3, -0.25) is 9.48 Å². The topological polar surface area (TPSA) is 46.9 Å². The first-order valence-corrected chi connectivity index (χ1v) is 7.56. The average molecular weight is 263 g/mol. The molecule has 0 aromatic carbocycles. The standard InChI is InChI=1S/C15H25N3O/c1-2-18-12-14(11-17-18)10-16-15(19)9-8-13-6-4-3-5-7-13/h11-13H,2-10H2,1H3,(H,16,19). The lowest BCUT2D eigenvalue weighted by Gasteiger charge is -2.20. The number of amides is 1. The summed E-state index contributed by atoms with van der Waals surface area (Å²) in [6, 6.07) is 0. The first-order chi connectivity index (χ1) is 9.28. The Balaban J connectivity index is 1.63. The van der Waals surface area contributed by atoms with Crippen molar-refractivity contribution in [1.29, 1.82) is 0 Å². The number of nitrogens with one attached hydrogen (secondary N) is 1. The Labute approximate surface area is 115 Å². The molecule has 0 aliphatic heterocycles. The number of hydrogen-bond acceptors (Lipinski definition) is 2. The molecule has 0 unspecified atom stereocenters. The van der Waals surface area contributed by atoms with Gasteiger partial charge in [0.05, 0.1) is 6.20 Å². The minimum Gasteiger partial charge on any atom is -0.352 e. The second kappa shape index (κ2) is 7.31. The van der Waals surface area contributed by atoms with Crippen LogP contribution in [0, 0.1) is 5.92 Å². The fourth-order valence-corrected chi connectivity index (χ4v) is 2.77. The molecular weight excluding hydrogens is 238 g/mol. The lowest BCUT2D eigenvalue weighted by molar-refractivity contribution is -0.121. The van der Waals surface area contributed by atoms with E-state index < -0.39 is 0 Å². The van der Waals surface area contributed by atoms with Crippen molar-refractivity contribution in [2.24, 2.45) is 5.92 Å². The quantitative estimate of drug-likeness (QED) is 0.858. The Morgan fingerprint density at radius 1 is 1.42 bits per heavy atom. The third-order valence-corrected chi connectivity index (χ3v) is 4.00. The number of hydrogen-bond donors (Lipinski definition) is 1. The lowest BCUT2D eigenvalue weighted by atomic mass is 9.86. The van der Waals surface area contributed by atoms with E-state index in [2.05, 4.69) is 17.3 Å². The van der Waals surface area contributed by atoms with Crippen molar-refractivity contribution >= 4 is 5.91 Å². The summed E-state index contributed by atoms with van der Waals surface area (Å²) >= 11 is 0. The molecule has 1 amide bonds. The molecule has 1 aromatic rings. The number of carbonyl (C=O) groups excluding carboxylic acids is 1. The molecule has 4 nitrogen and oxygen atoms in total. The molecule has 1 aliphatic carbocycles. The first kappa shape index (κ1) is 14.1. The summed E-state index contributed by atoms with van der Waals surface area (Å²) in [5.74, 6) is 0.956. The molecule has 0 radical (unpaired) electrons. The molecule has 0 bridgehead atoms. The summed E-state index contributed by atoms with van der Waals surface area (Å²) in [6.07, 6.45) is 12.3. The Kier molecular flexibility index (Phi) is 5.43. The summed E-state index contributed by atoms with van der Waals surface area (Å²) in [6.45, 7) is 3.53. The SMILES string of the molecule is CCn1cc(CNC(=O)CCC2CCCCC2)cn1. The van der Waals surface area contributed by atoms with Crippen molar-refractivity contribution < 1.29 is 4.79 Å². The minimum atomic E-state index is 0.176. The molecule has 1 aromatic heterocycles. The fraction of sp³-hybridized carbons (Fsp3) is 0.733. The highest BCUT2D eigenvalue weighted by atomic mass is 16.1. The first-order valence-electron chi connectivity index (χ1n) is 7.56. The molecule has 19 heavy (non-hydrogen) atoms. The number of rotatable bonds is 6. The van der Waals surface area contributed by atoms with Gasteiger partial charge in [0.15, 0.2) is 0 Å². The molecule has 0 atom stereocenters. The van der Waals surface area contributed by atoms with Crippen LogP contribution in [-0.4, -0.2) is 15.7 Å². The molecule has 0 spiro atoms. The molecule has 106 valence electrons. The van der Waals surface area contributed by atoms with E-state index in [1.54, 1.807) is 0 Å². The smallest absolute Gasteiger partial charge is 0.220 e. The van der Waals surface area contributed by atoms with Gasteiger partial charge in [-0.25, -0.2) is 0 Å². The highest BCUT2D eigenvalue weighted by molar-refractivity contribution is 5.75. The van der Waals surface area contributed by atoms with Crippen LogP contribution in [0.15, 0.2) is 12.4 Å². The van der Waals surface area contributed by atoms with E-state index in [9.17, 15) is 4.79 Å². The molecule has 0 saturated heterocycles. The van der Waals surface area contributed by atoms with Gasteiger partial charge in [-0.05, 0) is 19.3 Å². The van der Waals surface area contributed by atoms with E-state index in [-0.39, 0.29) is 5.91 Å². The lowest BCUT2D eigenvalue weighted by Crippen LogP contribution is -2.23. The predicted molar refractivity (Wildman–Crippen MR) is 75.6 cm³/mol. The van der Waals surface area contributed by atoms with E-state index in [1.165, 1.54) is 32.1 Å². The van der Waals surface area contributed by atoms with Crippen molar-refractivity contribution in [3.05, 3.63) is 18.0 Å². The average Bonchev–Trinajstić information content (AvgIpc) is 2.92. The van der Waals surface area contributed by atoms with E-state index in [4.69, 9.17) is 0 Å². The predicted octanol–water partition coefficient (Wildman–Crippen LogP) is 2.88. The molecule has 4 heteroatoms. The zero-order valence-corrected chi connectivity index (χ0v) is 11.9. The number of aromatic nitrogens is 2. The van der Waals surface area contributed by atoms with Gasteiger partial charge in [0.25, 0.3) is 0 Å². The van der Waals surface area contributed by atoms with Crippen LogP contribution in [-0.2, 0) is 17.9 Å². The van der Waals surface area contributed by atoms with E-state index in [0.717, 1.165) is 24.4 Å². The Hall–Kier alpha value is -1.32. The van der Waals surface area contributed by atoms with E-state index in [1.807, 2.05) is 17.1 Å². The fourth-order valence-electron chi connectivity index (χ4n) is 2.77. The third-order valence-electron chi connectivity index (χ3n) is 4.00. The maximum absolute atomic E-state index is 11.8. The van der Waals surface area contributed by atoms with Gasteiger partial charge in [0, 0.05) is 31.3 Å². The minimum absolute atomic E-state index is 0.176. The van der Waals surface area contributed by atoms with Gasteiger partial charge in [-0.15, -0.1) is 0 Å². The number of aryl methyl sites for hydroxylation is 1. The van der Waals surface area contributed by atoms with Crippen LogP contribution in [0.25, 0.3) is 0 Å². The van der Waals surface area contributed by atoms with Gasteiger partial charge in [-0.1, -0.05) is 32.1 Å².